The largest absolute Gasteiger partial charge is 0.481 e. The number of halogens is 1. The number of carboxylic acid groups (broad SMARTS) is 1. The number of thioether (sulfide) groups is 1. The number of allylic oxidation sites excluding steroid dienone is 2. The van der Waals surface area contributed by atoms with Crippen LogP contribution in [0.2, 0.25) is 0 Å². The van der Waals surface area contributed by atoms with Gasteiger partial charge in [-0.3, -0.25) is 4.79 Å². The maximum atomic E-state index is 14.4. The summed E-state index contributed by atoms with van der Waals surface area (Å²) in [4.78, 5) is 13.1. The topological polar surface area (TPSA) is 76.4 Å². The molecule has 0 radical (unpaired) electrons. The second-order valence-corrected chi connectivity index (χ2v) is 11.3. The number of fused-ring (bicyclic) bond motifs is 3. The molecule has 0 saturated carbocycles. The number of hydrogen-bond acceptors (Lipinski definition) is 4. The van der Waals surface area contributed by atoms with Crippen molar-refractivity contribution in [1.82, 2.24) is 4.57 Å². The van der Waals surface area contributed by atoms with Crippen molar-refractivity contribution in [1.29, 1.82) is 0 Å². The quantitative estimate of drug-likeness (QED) is 0.601. The summed E-state index contributed by atoms with van der Waals surface area (Å²) in [6, 6.07) is 2.46. The van der Waals surface area contributed by atoms with Gasteiger partial charge in [0, 0.05) is 28.4 Å². The van der Waals surface area contributed by atoms with Crippen LogP contribution < -0.4 is 0 Å². The van der Waals surface area contributed by atoms with Crippen LogP contribution in [0, 0.1) is 11.7 Å². The standard InChI is InChI=1S/C21H26FNO4S2/c1-5-29(26,27)17-11-15(22)10-16-19(17)21(28-13(4)8-12(2)3)20-14(9-18(24)25)6-7-23(16)20/h8,10-12,14H,5-7,9H2,1-4H3,(H,24,25)/b13-8+. The van der Waals surface area contributed by atoms with Crippen LogP contribution in [-0.2, 0) is 21.2 Å². The first-order chi connectivity index (χ1) is 13.5. The fourth-order valence-corrected chi connectivity index (χ4v) is 6.58. The molecule has 1 atom stereocenters. The van der Waals surface area contributed by atoms with Crippen molar-refractivity contribution in [2.45, 2.75) is 62.8 Å². The van der Waals surface area contributed by atoms with Gasteiger partial charge in [0.25, 0.3) is 0 Å². The molecule has 1 aromatic carbocycles. The van der Waals surface area contributed by atoms with E-state index in [4.69, 9.17) is 0 Å². The van der Waals surface area contributed by atoms with Gasteiger partial charge < -0.3 is 9.67 Å². The third-order valence-corrected chi connectivity index (χ3v) is 7.97. The van der Waals surface area contributed by atoms with Gasteiger partial charge in [-0.25, -0.2) is 12.8 Å². The molecule has 1 unspecified atom stereocenters. The summed E-state index contributed by atoms with van der Waals surface area (Å²) in [5.41, 5.74) is 1.34. The van der Waals surface area contributed by atoms with Crippen molar-refractivity contribution in [3.8, 4) is 0 Å². The van der Waals surface area contributed by atoms with E-state index in [9.17, 15) is 22.7 Å². The second-order valence-electron chi connectivity index (χ2n) is 7.77. The normalized spacial score (nSPS) is 17.3. The van der Waals surface area contributed by atoms with Gasteiger partial charge in [-0.15, -0.1) is 0 Å². The molecule has 2 aromatic rings. The highest BCUT2D eigenvalue weighted by molar-refractivity contribution is 8.03. The molecule has 1 aliphatic heterocycles. The van der Waals surface area contributed by atoms with Crippen molar-refractivity contribution in [3.63, 3.8) is 0 Å². The van der Waals surface area contributed by atoms with E-state index in [2.05, 4.69) is 19.9 Å². The maximum Gasteiger partial charge on any atom is 0.304 e. The Kier molecular flexibility index (Phi) is 6.15. The lowest BCUT2D eigenvalue weighted by molar-refractivity contribution is -0.137. The predicted molar refractivity (Wildman–Crippen MR) is 114 cm³/mol. The molecule has 158 valence electrons. The van der Waals surface area contributed by atoms with E-state index in [1.165, 1.54) is 17.8 Å². The van der Waals surface area contributed by atoms with E-state index in [1.54, 1.807) is 6.92 Å². The minimum Gasteiger partial charge on any atom is -0.481 e. The molecule has 1 aliphatic rings. The lowest BCUT2D eigenvalue weighted by Crippen LogP contribution is -2.06. The molecule has 0 spiro atoms. The van der Waals surface area contributed by atoms with Crippen molar-refractivity contribution in [2.24, 2.45) is 5.92 Å². The first kappa shape index (κ1) is 21.9. The molecular weight excluding hydrogens is 413 g/mol. The van der Waals surface area contributed by atoms with E-state index in [1.807, 2.05) is 11.5 Å². The smallest absolute Gasteiger partial charge is 0.304 e. The summed E-state index contributed by atoms with van der Waals surface area (Å²) >= 11 is 1.45. The monoisotopic (exact) mass is 439 g/mol. The molecule has 0 saturated heterocycles. The van der Waals surface area contributed by atoms with Crippen molar-refractivity contribution in [2.75, 3.05) is 5.75 Å². The SMILES string of the molecule is CCS(=O)(=O)c1cc(F)cc2c1c(S/C(C)=C/C(C)C)c1n2CCC1CC(=O)O. The zero-order valence-corrected chi connectivity index (χ0v) is 18.7. The number of carbonyl (C=O) groups is 1. The maximum absolute atomic E-state index is 14.4. The summed E-state index contributed by atoms with van der Waals surface area (Å²) < 4.78 is 41.9. The number of nitrogens with zero attached hydrogens (tertiary/aromatic N) is 1. The summed E-state index contributed by atoms with van der Waals surface area (Å²) in [7, 11) is -3.66. The number of aryl methyl sites for hydroxylation is 1. The van der Waals surface area contributed by atoms with Gasteiger partial charge in [-0.1, -0.05) is 38.6 Å². The fraction of sp³-hybridized carbons (Fsp3) is 0.476. The molecule has 1 N–H and O–H groups in total. The first-order valence-electron chi connectivity index (χ1n) is 9.71. The van der Waals surface area contributed by atoms with Crippen LogP contribution in [0.3, 0.4) is 0 Å². The zero-order chi connectivity index (χ0) is 21.5. The molecule has 0 bridgehead atoms. The number of sulfone groups is 1. The van der Waals surface area contributed by atoms with Crippen LogP contribution in [0.15, 0.2) is 32.9 Å². The molecular formula is C21H26FNO4S2. The third kappa shape index (κ3) is 4.23. The second kappa shape index (κ2) is 8.14. The average molecular weight is 440 g/mol. The van der Waals surface area contributed by atoms with Crippen LogP contribution in [0.4, 0.5) is 4.39 Å². The minimum atomic E-state index is -3.66. The number of hydrogen-bond donors (Lipinski definition) is 1. The molecule has 1 aromatic heterocycles. The summed E-state index contributed by atoms with van der Waals surface area (Å²) in [6.45, 7) is 8.16. The van der Waals surface area contributed by atoms with Crippen LogP contribution >= 0.6 is 11.8 Å². The van der Waals surface area contributed by atoms with Crippen molar-refractivity contribution >= 4 is 38.5 Å². The summed E-state index contributed by atoms with van der Waals surface area (Å²) in [5.74, 6) is -1.54. The molecule has 8 heteroatoms. The Bertz CT molecular complexity index is 1100. The number of rotatable bonds is 7. The Morgan fingerprint density at radius 1 is 1.41 bits per heavy atom. The molecule has 0 amide bonds. The van der Waals surface area contributed by atoms with Gasteiger partial charge in [0.2, 0.25) is 0 Å². The molecule has 3 rings (SSSR count). The number of aliphatic carboxylic acids is 1. The molecule has 29 heavy (non-hydrogen) atoms. The zero-order valence-electron chi connectivity index (χ0n) is 17.0. The van der Waals surface area contributed by atoms with Gasteiger partial charge >= 0.3 is 5.97 Å². The number of carboxylic acids is 1. The Labute approximate surface area is 174 Å². The number of benzene rings is 1. The predicted octanol–water partition coefficient (Wildman–Crippen LogP) is 5.19. The summed E-state index contributed by atoms with van der Waals surface area (Å²) in [6.07, 6.45) is 2.69. The van der Waals surface area contributed by atoms with E-state index in [0.29, 0.717) is 29.8 Å². The molecule has 0 fully saturated rings. The lowest BCUT2D eigenvalue weighted by Gasteiger charge is -2.12. The van der Waals surface area contributed by atoms with Crippen LogP contribution in [0.1, 0.15) is 52.1 Å². The van der Waals surface area contributed by atoms with E-state index >= 15 is 0 Å². The van der Waals surface area contributed by atoms with Gasteiger partial charge in [0.1, 0.15) is 5.82 Å². The highest BCUT2D eigenvalue weighted by Crippen LogP contribution is 2.48. The van der Waals surface area contributed by atoms with Crippen molar-refractivity contribution in [3.05, 3.63) is 34.6 Å². The Balaban J connectivity index is 2.36. The van der Waals surface area contributed by atoms with Gasteiger partial charge in [0.15, 0.2) is 9.84 Å². The molecule has 2 heterocycles. The Morgan fingerprint density at radius 2 is 2.10 bits per heavy atom. The van der Waals surface area contributed by atoms with E-state index in [-0.39, 0.29) is 23.0 Å². The third-order valence-electron chi connectivity index (χ3n) is 5.14. The van der Waals surface area contributed by atoms with Crippen LogP contribution in [0.5, 0.6) is 0 Å². The van der Waals surface area contributed by atoms with Gasteiger partial charge in [-0.2, -0.15) is 0 Å². The van der Waals surface area contributed by atoms with Gasteiger partial charge in [-0.05, 0) is 36.3 Å². The van der Waals surface area contributed by atoms with Crippen LogP contribution in [-0.4, -0.2) is 29.8 Å². The highest BCUT2D eigenvalue weighted by Gasteiger charge is 2.34. The van der Waals surface area contributed by atoms with E-state index in [0.717, 1.165) is 21.6 Å². The lowest BCUT2D eigenvalue weighted by atomic mass is 10.0. The first-order valence-corrected chi connectivity index (χ1v) is 12.2. The fourth-order valence-electron chi connectivity index (χ4n) is 4.04. The Morgan fingerprint density at radius 3 is 2.69 bits per heavy atom. The molecule has 5 nitrogen and oxygen atoms in total. The summed E-state index contributed by atoms with van der Waals surface area (Å²) in [5, 5.41) is 9.86. The van der Waals surface area contributed by atoms with E-state index < -0.39 is 21.6 Å². The minimum absolute atomic E-state index is 0.00850. The molecule has 0 aliphatic carbocycles. The highest BCUT2D eigenvalue weighted by atomic mass is 32.2. The van der Waals surface area contributed by atoms with Crippen LogP contribution in [0.25, 0.3) is 10.9 Å². The average Bonchev–Trinajstić information content (AvgIpc) is 3.13. The van der Waals surface area contributed by atoms with Crippen molar-refractivity contribution < 1.29 is 22.7 Å². The number of aromatic nitrogens is 1. The van der Waals surface area contributed by atoms with Gasteiger partial charge in [0.05, 0.1) is 22.6 Å². The Hall–Kier alpha value is -1.80.